The van der Waals surface area contributed by atoms with Gasteiger partial charge in [0.05, 0.1) is 14.2 Å². The average Bonchev–Trinajstić information content (AvgIpc) is 2.85. The molecule has 0 radical (unpaired) electrons. The second-order valence-corrected chi connectivity index (χ2v) is 4.87. The number of alkyl halides is 1. The fraction of sp³-hybridized carbons (Fsp3) is 0.571. The molecule has 1 atom stereocenters. The highest BCUT2D eigenvalue weighted by Crippen LogP contribution is 2.42. The molecule has 1 aliphatic rings. The van der Waals surface area contributed by atoms with Crippen LogP contribution in [0.5, 0.6) is 11.5 Å². The summed E-state index contributed by atoms with van der Waals surface area (Å²) in [7, 11) is 3.20. The maximum Gasteiger partial charge on any atom is 0.165 e. The number of halogens is 1. The highest BCUT2D eigenvalue weighted by molar-refractivity contribution is 5.52. The van der Waals surface area contributed by atoms with Crippen LogP contribution in [0.25, 0.3) is 0 Å². The minimum absolute atomic E-state index is 0.163. The third kappa shape index (κ3) is 2.17. The molecule has 0 aliphatic carbocycles. The van der Waals surface area contributed by atoms with Crippen LogP contribution in [0.2, 0.25) is 0 Å². The zero-order valence-electron chi connectivity index (χ0n) is 11.2. The summed E-state index contributed by atoms with van der Waals surface area (Å²) in [5.74, 6) is 1.30. The summed E-state index contributed by atoms with van der Waals surface area (Å²) in [5, 5.41) is 3.47. The predicted molar refractivity (Wildman–Crippen MR) is 68.9 cm³/mol. The van der Waals surface area contributed by atoms with Crippen LogP contribution < -0.4 is 14.8 Å². The molecule has 2 rings (SSSR count). The van der Waals surface area contributed by atoms with Gasteiger partial charge in [-0.3, -0.25) is 0 Å². The zero-order chi connectivity index (χ0) is 13.2. The summed E-state index contributed by atoms with van der Waals surface area (Å²) in [5.41, 5.74) is 1.44. The SMILES string of the molecule is COc1cc(CF)cc(C2(C)CCCN2)c1OC. The first-order valence-corrected chi connectivity index (χ1v) is 6.21. The van der Waals surface area contributed by atoms with Crippen LogP contribution in [0.3, 0.4) is 0 Å². The summed E-state index contributed by atoms with van der Waals surface area (Å²) in [6.07, 6.45) is 2.13. The zero-order valence-corrected chi connectivity index (χ0v) is 11.2. The summed E-state index contributed by atoms with van der Waals surface area (Å²) in [4.78, 5) is 0. The molecule has 1 N–H and O–H groups in total. The van der Waals surface area contributed by atoms with Crippen LogP contribution in [0.1, 0.15) is 30.9 Å². The standard InChI is InChI=1S/C14H20FNO2/c1-14(5-4-6-16-14)11-7-10(9-15)8-12(17-2)13(11)18-3/h7-8,16H,4-6,9H2,1-3H3. The Labute approximate surface area is 107 Å². The highest BCUT2D eigenvalue weighted by Gasteiger charge is 2.34. The number of ether oxygens (including phenoxy) is 2. The Kier molecular flexibility index (Phi) is 3.76. The van der Waals surface area contributed by atoms with Crippen molar-refractivity contribution in [1.29, 1.82) is 0 Å². The van der Waals surface area contributed by atoms with E-state index < -0.39 is 6.67 Å². The van der Waals surface area contributed by atoms with E-state index >= 15 is 0 Å². The first kappa shape index (κ1) is 13.1. The Balaban J connectivity index is 2.55. The molecule has 1 aliphatic heterocycles. The molecule has 1 aromatic carbocycles. The smallest absolute Gasteiger partial charge is 0.165 e. The van der Waals surface area contributed by atoms with Gasteiger partial charge in [-0.25, -0.2) is 4.39 Å². The van der Waals surface area contributed by atoms with Crippen molar-refractivity contribution >= 4 is 0 Å². The topological polar surface area (TPSA) is 30.5 Å². The first-order valence-electron chi connectivity index (χ1n) is 6.21. The average molecular weight is 253 g/mol. The van der Waals surface area contributed by atoms with Crippen LogP contribution in [0.15, 0.2) is 12.1 Å². The van der Waals surface area contributed by atoms with Gasteiger partial charge in [0.15, 0.2) is 11.5 Å². The molecule has 18 heavy (non-hydrogen) atoms. The largest absolute Gasteiger partial charge is 0.493 e. The Morgan fingerprint density at radius 2 is 2.11 bits per heavy atom. The van der Waals surface area contributed by atoms with E-state index in [0.717, 1.165) is 24.9 Å². The first-order chi connectivity index (χ1) is 8.64. The van der Waals surface area contributed by atoms with Gasteiger partial charge in [0, 0.05) is 11.1 Å². The molecule has 0 aromatic heterocycles. The lowest BCUT2D eigenvalue weighted by atomic mass is 9.88. The van der Waals surface area contributed by atoms with Gasteiger partial charge in [-0.15, -0.1) is 0 Å². The van der Waals surface area contributed by atoms with Gasteiger partial charge in [-0.1, -0.05) is 0 Å². The molecule has 0 bridgehead atoms. The van der Waals surface area contributed by atoms with E-state index in [4.69, 9.17) is 9.47 Å². The molecule has 3 nitrogen and oxygen atoms in total. The molecule has 100 valence electrons. The van der Waals surface area contributed by atoms with Crippen LogP contribution >= 0.6 is 0 Å². The monoisotopic (exact) mass is 253 g/mol. The molecule has 1 unspecified atom stereocenters. The van der Waals surface area contributed by atoms with E-state index in [-0.39, 0.29) is 5.54 Å². The molecule has 0 saturated carbocycles. The summed E-state index contributed by atoms with van der Waals surface area (Å²) >= 11 is 0. The van der Waals surface area contributed by atoms with Crippen molar-refractivity contribution < 1.29 is 13.9 Å². The molecule has 4 heteroatoms. The number of benzene rings is 1. The van der Waals surface area contributed by atoms with Crippen molar-refractivity contribution in [2.75, 3.05) is 20.8 Å². The maximum atomic E-state index is 13.0. The summed E-state index contributed by atoms with van der Waals surface area (Å²) < 4.78 is 23.7. The minimum atomic E-state index is -0.497. The van der Waals surface area contributed by atoms with Gasteiger partial charge < -0.3 is 14.8 Å². The fourth-order valence-electron chi connectivity index (χ4n) is 2.63. The van der Waals surface area contributed by atoms with Crippen LogP contribution in [-0.4, -0.2) is 20.8 Å². The number of nitrogens with one attached hydrogen (secondary N) is 1. The lowest BCUT2D eigenvalue weighted by Gasteiger charge is -2.28. The van der Waals surface area contributed by atoms with Crippen molar-refractivity contribution in [3.05, 3.63) is 23.3 Å². The van der Waals surface area contributed by atoms with Gasteiger partial charge in [0.1, 0.15) is 6.67 Å². The molecular formula is C14H20FNO2. The summed E-state index contributed by atoms with van der Waals surface area (Å²) in [6, 6.07) is 3.57. The van der Waals surface area contributed by atoms with E-state index in [2.05, 4.69) is 12.2 Å². The molecule has 0 spiro atoms. The predicted octanol–water partition coefficient (Wildman–Crippen LogP) is 2.77. The molecular weight excluding hydrogens is 233 g/mol. The summed E-state index contributed by atoms with van der Waals surface area (Å²) in [6.45, 7) is 2.60. The lowest BCUT2D eigenvalue weighted by Crippen LogP contribution is -2.33. The number of methoxy groups -OCH3 is 2. The number of hydrogen-bond acceptors (Lipinski definition) is 3. The third-order valence-electron chi connectivity index (χ3n) is 3.66. The Bertz CT molecular complexity index is 428. The van der Waals surface area contributed by atoms with Crippen molar-refractivity contribution in [2.24, 2.45) is 0 Å². The van der Waals surface area contributed by atoms with Gasteiger partial charge in [-0.2, -0.15) is 0 Å². The second-order valence-electron chi connectivity index (χ2n) is 4.87. The van der Waals surface area contributed by atoms with E-state index in [0.29, 0.717) is 17.1 Å². The normalized spacial score (nSPS) is 23.1. The van der Waals surface area contributed by atoms with E-state index in [1.807, 2.05) is 6.07 Å². The molecule has 1 saturated heterocycles. The van der Waals surface area contributed by atoms with Crippen LogP contribution in [0.4, 0.5) is 4.39 Å². The third-order valence-corrected chi connectivity index (χ3v) is 3.66. The maximum absolute atomic E-state index is 13.0. The van der Waals surface area contributed by atoms with Gasteiger partial charge in [-0.05, 0) is 44.0 Å². The lowest BCUT2D eigenvalue weighted by molar-refractivity contribution is 0.332. The molecule has 0 amide bonds. The molecule has 1 aromatic rings. The molecule has 1 fully saturated rings. The van der Waals surface area contributed by atoms with Gasteiger partial charge in [0.25, 0.3) is 0 Å². The van der Waals surface area contributed by atoms with Gasteiger partial charge in [0.2, 0.25) is 0 Å². The van der Waals surface area contributed by atoms with Crippen molar-refractivity contribution in [1.82, 2.24) is 5.32 Å². The fourth-order valence-corrected chi connectivity index (χ4v) is 2.63. The van der Waals surface area contributed by atoms with Gasteiger partial charge >= 0.3 is 0 Å². The Morgan fingerprint density at radius 3 is 2.61 bits per heavy atom. The number of hydrogen-bond donors (Lipinski definition) is 1. The Morgan fingerprint density at radius 1 is 1.33 bits per heavy atom. The van der Waals surface area contributed by atoms with E-state index in [9.17, 15) is 4.39 Å². The van der Waals surface area contributed by atoms with Crippen LogP contribution in [0, 0.1) is 0 Å². The second kappa shape index (κ2) is 5.14. The molecule has 1 heterocycles. The highest BCUT2D eigenvalue weighted by atomic mass is 19.1. The van der Waals surface area contributed by atoms with E-state index in [1.54, 1.807) is 20.3 Å². The number of rotatable bonds is 4. The van der Waals surface area contributed by atoms with E-state index in [1.165, 1.54) is 0 Å². The van der Waals surface area contributed by atoms with Crippen LogP contribution in [-0.2, 0) is 12.2 Å². The quantitative estimate of drug-likeness (QED) is 0.895. The minimum Gasteiger partial charge on any atom is -0.493 e. The van der Waals surface area contributed by atoms with Crippen molar-refractivity contribution in [3.63, 3.8) is 0 Å². The van der Waals surface area contributed by atoms with Crippen molar-refractivity contribution in [2.45, 2.75) is 32.0 Å². The Hall–Kier alpha value is -1.29. The van der Waals surface area contributed by atoms with Crippen molar-refractivity contribution in [3.8, 4) is 11.5 Å².